The summed E-state index contributed by atoms with van der Waals surface area (Å²) in [5, 5.41) is 4.97. The number of benzene rings is 8. The number of para-hydroxylation sites is 1. The highest BCUT2D eigenvalue weighted by Gasteiger charge is 2.42. The van der Waals surface area contributed by atoms with Gasteiger partial charge in [-0.05, 0) is 80.9 Å². The molecule has 8 aromatic carbocycles. The SMILES string of the molecule is O=P1(c2ccccc2)c2ccccc2-c2ccc3c4ccccc4n(-c4ccc(-c5cc(-c6ccccc6)cc(-c6ccccc6)c5)cc4)c3c21. The maximum absolute atomic E-state index is 15.9. The summed E-state index contributed by atoms with van der Waals surface area (Å²) in [7, 11) is -3.20. The van der Waals surface area contributed by atoms with Crippen LogP contribution in [0.3, 0.4) is 0 Å². The zero-order valence-electron chi connectivity index (χ0n) is 27.8. The van der Waals surface area contributed by atoms with Gasteiger partial charge in [0.2, 0.25) is 0 Å². The van der Waals surface area contributed by atoms with Gasteiger partial charge >= 0.3 is 0 Å². The summed E-state index contributed by atoms with van der Waals surface area (Å²) >= 11 is 0. The van der Waals surface area contributed by atoms with Crippen molar-refractivity contribution < 1.29 is 4.57 Å². The monoisotopic (exact) mass is 669 g/mol. The highest BCUT2D eigenvalue weighted by atomic mass is 31.2. The maximum atomic E-state index is 15.9. The lowest BCUT2D eigenvalue weighted by Gasteiger charge is -2.19. The summed E-state index contributed by atoms with van der Waals surface area (Å²) in [6.45, 7) is 0. The van der Waals surface area contributed by atoms with Crippen LogP contribution in [-0.4, -0.2) is 4.57 Å². The van der Waals surface area contributed by atoms with E-state index in [1.807, 2.05) is 36.4 Å². The van der Waals surface area contributed by atoms with Crippen molar-refractivity contribution in [1.29, 1.82) is 0 Å². The molecular formula is C48H32NOP. The largest absolute Gasteiger partial charge is 0.309 e. The molecule has 0 saturated carbocycles. The van der Waals surface area contributed by atoms with Gasteiger partial charge < -0.3 is 9.13 Å². The smallest absolute Gasteiger partial charge is 0.174 e. The molecule has 0 fully saturated rings. The fourth-order valence-electron chi connectivity index (χ4n) is 8.04. The Hall–Kier alpha value is -6.21. The molecule has 1 aliphatic heterocycles. The Kier molecular flexibility index (Phi) is 6.81. The van der Waals surface area contributed by atoms with Gasteiger partial charge in [0.05, 0.1) is 16.3 Å². The molecule has 0 saturated heterocycles. The first-order chi connectivity index (χ1) is 25.2. The van der Waals surface area contributed by atoms with Gasteiger partial charge in [0, 0.05) is 27.1 Å². The molecule has 1 aliphatic rings. The molecule has 0 bridgehead atoms. The van der Waals surface area contributed by atoms with E-state index in [9.17, 15) is 0 Å². The van der Waals surface area contributed by atoms with Crippen molar-refractivity contribution in [2.24, 2.45) is 0 Å². The first kappa shape index (κ1) is 29.7. The topological polar surface area (TPSA) is 22.0 Å². The Bertz CT molecular complexity index is 2740. The predicted octanol–water partition coefficient (Wildman–Crippen LogP) is 11.4. The fraction of sp³-hybridized carbons (Fsp3) is 0. The van der Waals surface area contributed by atoms with Gasteiger partial charge in [-0.15, -0.1) is 0 Å². The third-order valence-electron chi connectivity index (χ3n) is 10.4. The van der Waals surface area contributed by atoms with E-state index in [2.05, 4.69) is 162 Å². The van der Waals surface area contributed by atoms with Gasteiger partial charge in [-0.3, -0.25) is 0 Å². The van der Waals surface area contributed by atoms with Crippen molar-refractivity contribution in [1.82, 2.24) is 4.57 Å². The summed E-state index contributed by atoms with van der Waals surface area (Å²) in [4.78, 5) is 0. The van der Waals surface area contributed by atoms with Gasteiger partial charge in [-0.1, -0.05) is 158 Å². The number of aromatic nitrogens is 1. The second kappa shape index (κ2) is 11.7. The summed E-state index contributed by atoms with van der Waals surface area (Å²) in [5.41, 5.74) is 12.3. The first-order valence-electron chi connectivity index (χ1n) is 17.4. The maximum Gasteiger partial charge on any atom is 0.174 e. The van der Waals surface area contributed by atoms with Crippen molar-refractivity contribution in [3.63, 3.8) is 0 Å². The highest BCUT2D eigenvalue weighted by Crippen LogP contribution is 2.55. The minimum atomic E-state index is -3.20. The summed E-state index contributed by atoms with van der Waals surface area (Å²) in [6.07, 6.45) is 0. The lowest BCUT2D eigenvalue weighted by Crippen LogP contribution is -2.22. The molecule has 0 radical (unpaired) electrons. The van der Waals surface area contributed by atoms with Crippen LogP contribution >= 0.6 is 7.14 Å². The molecule has 0 aliphatic carbocycles. The van der Waals surface area contributed by atoms with Crippen LogP contribution in [0.2, 0.25) is 0 Å². The van der Waals surface area contributed by atoms with Crippen LogP contribution in [0.5, 0.6) is 0 Å². The zero-order chi connectivity index (χ0) is 33.9. The van der Waals surface area contributed by atoms with Gasteiger partial charge in [0.1, 0.15) is 0 Å². The minimum Gasteiger partial charge on any atom is -0.309 e. The molecule has 2 nitrogen and oxygen atoms in total. The molecule has 2 heterocycles. The molecule has 0 N–H and O–H groups in total. The van der Waals surface area contributed by atoms with E-state index in [1.54, 1.807) is 0 Å². The standard InChI is InChI=1S/C48H32NOP/c50-51(40-18-8-3-9-19-40)46-23-13-11-21-42(46)44-29-28-43-41-20-10-12-22-45(41)49(47(43)48(44)51)39-26-24-35(25-27-39)38-31-36(33-14-4-1-5-15-33)30-37(32-38)34-16-6-2-7-17-34/h1-32H. The van der Waals surface area contributed by atoms with Crippen LogP contribution < -0.4 is 15.9 Å². The zero-order valence-corrected chi connectivity index (χ0v) is 28.7. The Morgan fingerprint density at radius 2 is 0.922 bits per heavy atom. The molecule has 0 spiro atoms. The molecule has 3 heteroatoms. The Labute approximate surface area is 297 Å². The van der Waals surface area contributed by atoms with Crippen LogP contribution in [0, 0.1) is 0 Å². The average Bonchev–Trinajstić information content (AvgIpc) is 3.69. The molecule has 10 rings (SSSR count). The van der Waals surface area contributed by atoms with Gasteiger partial charge in [-0.2, -0.15) is 0 Å². The third kappa shape index (κ3) is 4.61. The van der Waals surface area contributed by atoms with Crippen molar-refractivity contribution in [2.45, 2.75) is 0 Å². The van der Waals surface area contributed by atoms with Gasteiger partial charge in [-0.25, -0.2) is 0 Å². The average molecular weight is 670 g/mol. The Morgan fingerprint density at radius 3 is 1.57 bits per heavy atom. The number of hydrogen-bond donors (Lipinski definition) is 0. The van der Waals surface area contributed by atoms with Crippen molar-refractivity contribution >= 4 is 44.9 Å². The quantitative estimate of drug-likeness (QED) is 0.167. The molecule has 1 aromatic heterocycles. The lowest BCUT2D eigenvalue weighted by molar-refractivity contribution is 0.593. The van der Waals surface area contributed by atoms with E-state index in [-0.39, 0.29) is 0 Å². The lowest BCUT2D eigenvalue weighted by atomic mass is 9.93. The van der Waals surface area contributed by atoms with Crippen LogP contribution in [0.4, 0.5) is 0 Å². The molecule has 1 atom stereocenters. The summed E-state index contributed by atoms with van der Waals surface area (Å²) in [5.74, 6) is 0. The van der Waals surface area contributed by atoms with Crippen molar-refractivity contribution in [3.05, 3.63) is 194 Å². The van der Waals surface area contributed by atoms with Gasteiger partial charge in [0.15, 0.2) is 7.14 Å². The molecular weight excluding hydrogens is 638 g/mol. The second-order valence-electron chi connectivity index (χ2n) is 13.3. The van der Waals surface area contributed by atoms with E-state index in [4.69, 9.17) is 0 Å². The van der Waals surface area contributed by atoms with Crippen LogP contribution in [0.15, 0.2) is 194 Å². The van der Waals surface area contributed by atoms with E-state index in [0.29, 0.717) is 0 Å². The molecule has 9 aromatic rings. The normalized spacial score (nSPS) is 14.8. The molecule has 240 valence electrons. The highest BCUT2D eigenvalue weighted by molar-refractivity contribution is 7.86. The van der Waals surface area contributed by atoms with E-state index in [0.717, 1.165) is 65.7 Å². The van der Waals surface area contributed by atoms with Crippen LogP contribution in [0.25, 0.3) is 72.0 Å². The molecule has 51 heavy (non-hydrogen) atoms. The second-order valence-corrected chi connectivity index (χ2v) is 15.9. The third-order valence-corrected chi connectivity index (χ3v) is 13.6. The van der Waals surface area contributed by atoms with Crippen LogP contribution in [0.1, 0.15) is 0 Å². The van der Waals surface area contributed by atoms with E-state index in [1.165, 1.54) is 22.3 Å². The molecule has 0 amide bonds. The predicted molar refractivity (Wildman–Crippen MR) is 215 cm³/mol. The van der Waals surface area contributed by atoms with Gasteiger partial charge in [0.25, 0.3) is 0 Å². The van der Waals surface area contributed by atoms with Crippen LogP contribution in [-0.2, 0) is 4.57 Å². The van der Waals surface area contributed by atoms with E-state index < -0.39 is 7.14 Å². The number of rotatable bonds is 5. The Morgan fingerprint density at radius 1 is 0.392 bits per heavy atom. The minimum absolute atomic E-state index is 0.864. The van der Waals surface area contributed by atoms with E-state index >= 15 is 4.57 Å². The number of fused-ring (bicyclic) bond motifs is 7. The van der Waals surface area contributed by atoms with Crippen molar-refractivity contribution in [2.75, 3.05) is 0 Å². The fourth-order valence-corrected chi connectivity index (χ4v) is 11.3. The molecule has 1 unspecified atom stereocenters. The summed E-state index contributed by atoms with van der Waals surface area (Å²) in [6, 6.07) is 68.2. The Balaban J connectivity index is 1.19. The number of nitrogens with zero attached hydrogens (tertiary/aromatic N) is 1. The first-order valence-corrected chi connectivity index (χ1v) is 19.1. The van der Waals surface area contributed by atoms with Crippen molar-refractivity contribution in [3.8, 4) is 50.2 Å². The number of hydrogen-bond acceptors (Lipinski definition) is 1. The summed E-state index contributed by atoms with van der Waals surface area (Å²) < 4.78 is 18.2.